The van der Waals surface area contributed by atoms with E-state index in [0.29, 0.717) is 34.5 Å². The highest BCUT2D eigenvalue weighted by atomic mass is 16.3. The van der Waals surface area contributed by atoms with Crippen LogP contribution in [0.25, 0.3) is 10.9 Å². The summed E-state index contributed by atoms with van der Waals surface area (Å²) in [5, 5.41) is 3.23. The molecule has 2 aromatic heterocycles. The molecule has 5 rings (SSSR count). The zero-order chi connectivity index (χ0) is 24.9. The van der Waals surface area contributed by atoms with Gasteiger partial charge in [-0.15, -0.1) is 0 Å². The lowest BCUT2D eigenvalue weighted by molar-refractivity contribution is 0.0725. The van der Waals surface area contributed by atoms with Crippen LogP contribution in [0.15, 0.2) is 106 Å². The summed E-state index contributed by atoms with van der Waals surface area (Å²) in [7, 11) is 0. The van der Waals surface area contributed by atoms with Crippen LogP contribution in [0.4, 0.5) is 5.69 Å². The Labute approximate surface area is 206 Å². The molecule has 2 amide bonds. The van der Waals surface area contributed by atoms with Crippen molar-refractivity contribution in [1.82, 2.24) is 14.9 Å². The fourth-order valence-electron chi connectivity index (χ4n) is 3.87. The summed E-state index contributed by atoms with van der Waals surface area (Å²) in [4.78, 5) is 47.3. The van der Waals surface area contributed by atoms with Gasteiger partial charge in [-0.25, -0.2) is 4.98 Å². The summed E-state index contributed by atoms with van der Waals surface area (Å²) in [6, 6.07) is 26.5. The van der Waals surface area contributed by atoms with Crippen molar-refractivity contribution in [3.63, 3.8) is 0 Å². The molecule has 3 aromatic carbocycles. The number of carbonyl (C=O) groups excluding carboxylic acids is 2. The van der Waals surface area contributed by atoms with Crippen LogP contribution < -0.4 is 10.9 Å². The summed E-state index contributed by atoms with van der Waals surface area (Å²) >= 11 is 0. The molecule has 2 N–H and O–H groups in total. The van der Waals surface area contributed by atoms with Gasteiger partial charge in [0.1, 0.15) is 5.82 Å². The molecule has 0 aliphatic heterocycles. The summed E-state index contributed by atoms with van der Waals surface area (Å²) in [5.74, 6) is -0.0268. The van der Waals surface area contributed by atoms with Crippen molar-refractivity contribution in [2.24, 2.45) is 0 Å². The van der Waals surface area contributed by atoms with Gasteiger partial charge in [-0.3, -0.25) is 14.4 Å². The van der Waals surface area contributed by atoms with Crippen molar-refractivity contribution in [3.05, 3.63) is 130 Å². The molecule has 0 radical (unpaired) electrons. The van der Waals surface area contributed by atoms with Gasteiger partial charge in [0, 0.05) is 17.8 Å². The van der Waals surface area contributed by atoms with Crippen molar-refractivity contribution in [2.75, 3.05) is 5.32 Å². The van der Waals surface area contributed by atoms with Crippen LogP contribution in [-0.4, -0.2) is 26.7 Å². The minimum absolute atomic E-state index is 0.116. The number of aromatic nitrogens is 2. The third-order valence-corrected chi connectivity index (χ3v) is 5.64. The first-order valence-corrected chi connectivity index (χ1v) is 11.3. The summed E-state index contributed by atoms with van der Waals surface area (Å²) in [5.41, 5.74) is 2.23. The van der Waals surface area contributed by atoms with Crippen LogP contribution in [0.5, 0.6) is 0 Å². The maximum absolute atomic E-state index is 13.5. The normalized spacial score (nSPS) is 10.8. The van der Waals surface area contributed by atoms with Crippen molar-refractivity contribution in [1.29, 1.82) is 0 Å². The number of amides is 2. The first kappa shape index (κ1) is 22.8. The van der Waals surface area contributed by atoms with E-state index in [2.05, 4.69) is 15.3 Å². The third kappa shape index (κ3) is 5.07. The Bertz CT molecular complexity index is 1560. The molecule has 8 nitrogen and oxygen atoms in total. The van der Waals surface area contributed by atoms with Crippen molar-refractivity contribution in [3.8, 4) is 0 Å². The molecule has 5 aromatic rings. The van der Waals surface area contributed by atoms with Crippen LogP contribution in [0, 0.1) is 0 Å². The Kier molecular flexibility index (Phi) is 6.40. The summed E-state index contributed by atoms with van der Waals surface area (Å²) < 4.78 is 5.11. The number of para-hydroxylation sites is 1. The number of aromatic amines is 1. The highest BCUT2D eigenvalue weighted by Crippen LogP contribution is 2.17. The summed E-state index contributed by atoms with van der Waals surface area (Å²) in [6.45, 7) is 0.442. The number of anilines is 1. The fraction of sp³-hybridized carbons (Fsp3) is 0.0714. The van der Waals surface area contributed by atoms with Crippen LogP contribution in [0.1, 0.15) is 32.3 Å². The lowest BCUT2D eigenvalue weighted by atomic mass is 10.1. The fourth-order valence-corrected chi connectivity index (χ4v) is 3.87. The smallest absolute Gasteiger partial charge is 0.291 e. The Morgan fingerprint density at radius 2 is 1.61 bits per heavy atom. The molecule has 0 spiro atoms. The SMILES string of the molecule is O=C(Nc1ccc(C(=O)N(Cc2ccccc2)Cc2nc3ccccc3c(=O)[nH]2)cc1)c1ccco1. The standard InChI is InChI=1S/C28H22N4O4/c33-26-22-9-4-5-10-23(22)30-25(31-26)18-32(17-19-7-2-1-3-8-19)28(35)20-12-14-21(15-13-20)29-27(34)24-11-6-16-36-24/h1-16H,17-18H2,(H,29,34)(H,30,31,33). The molecule has 0 fully saturated rings. The minimum Gasteiger partial charge on any atom is -0.459 e. The molecule has 0 saturated carbocycles. The van der Waals surface area contributed by atoms with Crippen LogP contribution in [-0.2, 0) is 13.1 Å². The molecule has 0 bridgehead atoms. The number of benzene rings is 3. The number of nitrogens with zero attached hydrogens (tertiary/aromatic N) is 2. The van der Waals surface area contributed by atoms with Gasteiger partial charge in [-0.05, 0) is 54.1 Å². The van der Waals surface area contributed by atoms with Gasteiger partial charge in [0.25, 0.3) is 17.4 Å². The predicted octanol–water partition coefficient (Wildman–Crippen LogP) is 4.61. The molecule has 0 unspecified atom stereocenters. The highest BCUT2D eigenvalue weighted by Gasteiger charge is 2.19. The highest BCUT2D eigenvalue weighted by molar-refractivity contribution is 6.02. The van der Waals surface area contributed by atoms with Gasteiger partial charge in [-0.2, -0.15) is 0 Å². The number of rotatable bonds is 7. The van der Waals surface area contributed by atoms with Crippen LogP contribution >= 0.6 is 0 Å². The third-order valence-electron chi connectivity index (χ3n) is 5.64. The molecule has 8 heteroatoms. The average Bonchev–Trinajstić information content (AvgIpc) is 3.45. The predicted molar refractivity (Wildman–Crippen MR) is 135 cm³/mol. The lowest BCUT2D eigenvalue weighted by Gasteiger charge is -2.23. The van der Waals surface area contributed by atoms with Gasteiger partial charge in [-0.1, -0.05) is 42.5 Å². The molecule has 0 aliphatic rings. The Morgan fingerprint density at radius 3 is 2.36 bits per heavy atom. The number of furan rings is 1. The van der Waals surface area contributed by atoms with Gasteiger partial charge in [0.05, 0.1) is 23.7 Å². The maximum atomic E-state index is 13.5. The molecular formula is C28H22N4O4. The Morgan fingerprint density at radius 1 is 0.861 bits per heavy atom. The van der Waals surface area contributed by atoms with Gasteiger partial charge in [0.2, 0.25) is 0 Å². The number of carbonyl (C=O) groups is 2. The number of nitrogens with one attached hydrogen (secondary N) is 2. The quantitative estimate of drug-likeness (QED) is 0.355. The van der Waals surface area contributed by atoms with E-state index in [1.54, 1.807) is 59.5 Å². The van der Waals surface area contributed by atoms with Crippen LogP contribution in [0.3, 0.4) is 0 Å². The molecule has 0 saturated heterocycles. The molecule has 0 atom stereocenters. The van der Waals surface area contributed by atoms with Crippen molar-refractivity contribution < 1.29 is 14.0 Å². The maximum Gasteiger partial charge on any atom is 0.291 e. The number of H-pyrrole nitrogens is 1. The second-order valence-electron chi connectivity index (χ2n) is 8.19. The van der Waals surface area contributed by atoms with E-state index >= 15 is 0 Å². The van der Waals surface area contributed by atoms with E-state index in [1.807, 2.05) is 36.4 Å². The first-order valence-electron chi connectivity index (χ1n) is 11.3. The molecule has 36 heavy (non-hydrogen) atoms. The van der Waals surface area contributed by atoms with Gasteiger partial charge in [0.15, 0.2) is 5.76 Å². The monoisotopic (exact) mass is 478 g/mol. The number of hydrogen-bond acceptors (Lipinski definition) is 5. The summed E-state index contributed by atoms with van der Waals surface area (Å²) in [6.07, 6.45) is 1.43. The largest absolute Gasteiger partial charge is 0.459 e. The first-order chi connectivity index (χ1) is 17.6. The average molecular weight is 479 g/mol. The van der Waals surface area contributed by atoms with Gasteiger partial charge >= 0.3 is 0 Å². The lowest BCUT2D eigenvalue weighted by Crippen LogP contribution is -2.31. The van der Waals surface area contributed by atoms with E-state index in [0.717, 1.165) is 5.56 Å². The van der Waals surface area contributed by atoms with Crippen molar-refractivity contribution >= 4 is 28.4 Å². The molecule has 0 aliphatic carbocycles. The van der Waals surface area contributed by atoms with Crippen molar-refractivity contribution in [2.45, 2.75) is 13.1 Å². The van der Waals surface area contributed by atoms with E-state index in [4.69, 9.17) is 4.42 Å². The number of hydrogen-bond donors (Lipinski definition) is 2. The van der Waals surface area contributed by atoms with Crippen LogP contribution in [0.2, 0.25) is 0 Å². The van der Waals surface area contributed by atoms with E-state index in [1.165, 1.54) is 6.26 Å². The second-order valence-corrected chi connectivity index (χ2v) is 8.19. The second kappa shape index (κ2) is 10.1. The zero-order valence-corrected chi connectivity index (χ0v) is 19.2. The minimum atomic E-state index is -0.379. The van der Waals surface area contributed by atoms with E-state index in [-0.39, 0.29) is 29.7 Å². The molecule has 178 valence electrons. The Hall–Kier alpha value is -4.98. The van der Waals surface area contributed by atoms with E-state index in [9.17, 15) is 14.4 Å². The zero-order valence-electron chi connectivity index (χ0n) is 19.2. The van der Waals surface area contributed by atoms with E-state index < -0.39 is 0 Å². The number of fused-ring (bicyclic) bond motifs is 1. The van der Waals surface area contributed by atoms with Gasteiger partial charge < -0.3 is 19.6 Å². The topological polar surface area (TPSA) is 108 Å². The molecule has 2 heterocycles. The Balaban J connectivity index is 1.39. The molecular weight excluding hydrogens is 456 g/mol.